The van der Waals surface area contributed by atoms with Gasteiger partial charge < -0.3 is 15.3 Å². The predicted octanol–water partition coefficient (Wildman–Crippen LogP) is 3.74. The van der Waals surface area contributed by atoms with Gasteiger partial charge in [-0.2, -0.15) is 0 Å². The third-order valence-electron chi connectivity index (χ3n) is 5.82. The molecule has 33 heavy (non-hydrogen) atoms. The maximum absolute atomic E-state index is 12.2. The van der Waals surface area contributed by atoms with Crippen molar-refractivity contribution in [3.05, 3.63) is 83.7 Å². The van der Waals surface area contributed by atoms with Crippen LogP contribution in [0, 0.1) is 0 Å². The first-order valence-corrected chi connectivity index (χ1v) is 12.2. The van der Waals surface area contributed by atoms with Crippen LogP contribution in [0.15, 0.2) is 71.8 Å². The Bertz CT molecular complexity index is 1060. The molecule has 0 radical (unpaired) electrons. The van der Waals surface area contributed by atoms with Crippen LogP contribution in [0.25, 0.3) is 0 Å². The highest BCUT2D eigenvalue weighted by Crippen LogP contribution is 2.51. The highest BCUT2D eigenvalue weighted by atomic mass is 32.2. The van der Waals surface area contributed by atoms with Gasteiger partial charge >= 0.3 is 0 Å². The smallest absolute Gasteiger partial charge is 0.201 e. The zero-order valence-electron chi connectivity index (χ0n) is 18.8. The number of rotatable bonds is 11. The molecule has 0 fully saturated rings. The van der Waals surface area contributed by atoms with E-state index in [0.29, 0.717) is 13.1 Å². The van der Waals surface area contributed by atoms with Crippen molar-refractivity contribution in [2.24, 2.45) is 0 Å². The summed E-state index contributed by atoms with van der Waals surface area (Å²) in [6.07, 6.45) is 4.50. The molecule has 0 aliphatic carbocycles. The van der Waals surface area contributed by atoms with Crippen molar-refractivity contribution in [3.8, 4) is 5.75 Å². The SMILES string of the molecule is CCN1c2c(O)cccc2SC1(C=O)NCCc1ccc(CNCCc2ccccn2)cc1. The number of nitrogens with zero attached hydrogens (tertiary/aromatic N) is 2. The molecule has 3 N–H and O–H groups in total. The molecule has 0 saturated heterocycles. The van der Waals surface area contributed by atoms with E-state index in [9.17, 15) is 9.90 Å². The summed E-state index contributed by atoms with van der Waals surface area (Å²) in [5, 5.41) is 17.2. The summed E-state index contributed by atoms with van der Waals surface area (Å²) in [5.74, 6) is 0.205. The minimum Gasteiger partial charge on any atom is -0.506 e. The van der Waals surface area contributed by atoms with Crippen LogP contribution < -0.4 is 15.5 Å². The molecular weight excluding hydrogens is 432 g/mol. The van der Waals surface area contributed by atoms with Crippen molar-refractivity contribution >= 4 is 23.7 Å². The van der Waals surface area contributed by atoms with Gasteiger partial charge in [-0.05, 0) is 48.7 Å². The Labute approximate surface area is 199 Å². The predicted molar refractivity (Wildman–Crippen MR) is 134 cm³/mol. The lowest BCUT2D eigenvalue weighted by Crippen LogP contribution is -2.56. The van der Waals surface area contributed by atoms with Gasteiger partial charge in [-0.15, -0.1) is 0 Å². The Balaban J connectivity index is 1.27. The number of anilines is 1. The number of benzene rings is 2. The van der Waals surface area contributed by atoms with Gasteiger partial charge in [0.25, 0.3) is 0 Å². The van der Waals surface area contributed by atoms with Gasteiger partial charge in [-0.1, -0.05) is 48.2 Å². The average molecular weight is 463 g/mol. The number of carbonyl (C=O) groups is 1. The molecule has 1 aliphatic rings. The Morgan fingerprint density at radius 2 is 1.85 bits per heavy atom. The average Bonchev–Trinajstić information content (AvgIpc) is 3.18. The second-order valence-electron chi connectivity index (χ2n) is 8.03. The first-order valence-electron chi connectivity index (χ1n) is 11.3. The fourth-order valence-electron chi connectivity index (χ4n) is 4.11. The van der Waals surface area contributed by atoms with E-state index >= 15 is 0 Å². The van der Waals surface area contributed by atoms with E-state index in [1.165, 1.54) is 22.9 Å². The van der Waals surface area contributed by atoms with E-state index in [1.807, 2.05) is 48.4 Å². The highest BCUT2D eigenvalue weighted by Gasteiger charge is 2.45. The molecule has 1 aliphatic heterocycles. The molecule has 3 aromatic rings. The number of fused-ring (bicyclic) bond motifs is 1. The molecule has 0 saturated carbocycles. The van der Waals surface area contributed by atoms with E-state index in [0.717, 1.165) is 48.5 Å². The number of thioether (sulfide) groups is 1. The number of carbonyl (C=O) groups excluding carboxylic acids is 1. The van der Waals surface area contributed by atoms with E-state index < -0.39 is 4.99 Å². The monoisotopic (exact) mass is 462 g/mol. The summed E-state index contributed by atoms with van der Waals surface area (Å²) in [5.41, 5.74) is 4.28. The number of likely N-dealkylation sites (N-methyl/N-ethyl adjacent to an activating group) is 1. The quantitative estimate of drug-likeness (QED) is 0.296. The van der Waals surface area contributed by atoms with Crippen LogP contribution in [0.3, 0.4) is 0 Å². The molecule has 0 spiro atoms. The minimum atomic E-state index is -0.895. The molecule has 2 heterocycles. The Morgan fingerprint density at radius 3 is 2.58 bits per heavy atom. The molecule has 0 amide bonds. The summed E-state index contributed by atoms with van der Waals surface area (Å²) in [4.78, 5) is 18.5. The fraction of sp³-hybridized carbons (Fsp3) is 0.308. The molecular formula is C26H30N4O2S. The summed E-state index contributed by atoms with van der Waals surface area (Å²) in [6.45, 7) is 4.97. The van der Waals surface area contributed by atoms with Crippen molar-refractivity contribution < 1.29 is 9.90 Å². The van der Waals surface area contributed by atoms with Crippen LogP contribution in [-0.2, 0) is 24.2 Å². The second kappa shape index (κ2) is 10.8. The van der Waals surface area contributed by atoms with Crippen molar-refractivity contribution in [2.45, 2.75) is 36.2 Å². The van der Waals surface area contributed by atoms with Crippen molar-refractivity contribution in [1.29, 1.82) is 0 Å². The van der Waals surface area contributed by atoms with Gasteiger partial charge in [0.2, 0.25) is 4.99 Å². The summed E-state index contributed by atoms with van der Waals surface area (Å²) in [6, 6.07) is 20.0. The zero-order valence-corrected chi connectivity index (χ0v) is 19.6. The van der Waals surface area contributed by atoms with Gasteiger partial charge in [0.1, 0.15) is 5.75 Å². The Morgan fingerprint density at radius 1 is 1.03 bits per heavy atom. The van der Waals surface area contributed by atoms with Crippen LogP contribution in [0.5, 0.6) is 5.75 Å². The third-order valence-corrected chi connectivity index (χ3v) is 7.14. The molecule has 0 bridgehead atoms. The van der Waals surface area contributed by atoms with Crippen LogP contribution in [-0.4, -0.2) is 41.0 Å². The number of nitrogens with one attached hydrogen (secondary N) is 2. The number of para-hydroxylation sites is 1. The lowest BCUT2D eigenvalue weighted by molar-refractivity contribution is -0.110. The zero-order chi connectivity index (χ0) is 23.1. The Hall–Kier alpha value is -2.87. The number of aromatic hydroxyl groups is 1. The number of phenolic OH excluding ortho intramolecular Hbond substituents is 1. The van der Waals surface area contributed by atoms with E-state index in [2.05, 4.69) is 39.9 Å². The van der Waals surface area contributed by atoms with Crippen LogP contribution in [0.4, 0.5) is 5.69 Å². The number of pyridine rings is 1. The molecule has 1 aromatic heterocycles. The maximum Gasteiger partial charge on any atom is 0.201 e. The van der Waals surface area contributed by atoms with Crippen LogP contribution in [0.2, 0.25) is 0 Å². The van der Waals surface area contributed by atoms with Crippen LogP contribution >= 0.6 is 11.8 Å². The van der Waals surface area contributed by atoms with Crippen molar-refractivity contribution in [2.75, 3.05) is 24.5 Å². The molecule has 6 nitrogen and oxygen atoms in total. The van der Waals surface area contributed by atoms with Crippen molar-refractivity contribution in [3.63, 3.8) is 0 Å². The molecule has 1 unspecified atom stereocenters. The Kier molecular flexibility index (Phi) is 7.65. The molecule has 7 heteroatoms. The van der Waals surface area contributed by atoms with E-state index in [4.69, 9.17) is 0 Å². The van der Waals surface area contributed by atoms with Crippen LogP contribution in [0.1, 0.15) is 23.7 Å². The molecule has 4 rings (SSSR count). The minimum absolute atomic E-state index is 0.205. The van der Waals surface area contributed by atoms with Gasteiger partial charge in [0.05, 0.1) is 5.69 Å². The van der Waals surface area contributed by atoms with E-state index in [-0.39, 0.29) is 5.75 Å². The number of hydrogen-bond acceptors (Lipinski definition) is 7. The molecule has 2 aromatic carbocycles. The number of aldehydes is 1. The first-order chi connectivity index (χ1) is 16.1. The summed E-state index contributed by atoms with van der Waals surface area (Å²) < 4.78 is 0. The fourth-order valence-corrected chi connectivity index (χ4v) is 5.46. The third kappa shape index (κ3) is 5.38. The maximum atomic E-state index is 12.2. The highest BCUT2D eigenvalue weighted by molar-refractivity contribution is 8.02. The van der Waals surface area contributed by atoms with E-state index in [1.54, 1.807) is 6.07 Å². The lowest BCUT2D eigenvalue weighted by Gasteiger charge is -2.34. The summed E-state index contributed by atoms with van der Waals surface area (Å²) >= 11 is 1.45. The van der Waals surface area contributed by atoms with Gasteiger partial charge in [-0.25, -0.2) is 0 Å². The first kappa shape index (κ1) is 23.3. The molecule has 1 atom stereocenters. The van der Waals surface area contributed by atoms with Gasteiger partial charge in [0.15, 0.2) is 6.29 Å². The normalized spacial score (nSPS) is 17.2. The lowest BCUT2D eigenvalue weighted by atomic mass is 10.1. The number of hydrogen-bond donors (Lipinski definition) is 3. The number of aromatic nitrogens is 1. The largest absolute Gasteiger partial charge is 0.506 e. The summed E-state index contributed by atoms with van der Waals surface area (Å²) in [7, 11) is 0. The standard InChI is InChI=1S/C26H30N4O2S/c1-2-30-25-23(32)7-5-8-24(25)33-26(30,19-31)29-17-13-20-9-11-21(12-10-20)18-27-16-14-22-6-3-4-15-28-22/h3-12,15,19,27,29,32H,2,13-14,16-18H2,1H3. The topological polar surface area (TPSA) is 77.5 Å². The second-order valence-corrected chi connectivity index (χ2v) is 9.29. The van der Waals surface area contributed by atoms with Gasteiger partial charge in [0, 0.05) is 49.4 Å². The van der Waals surface area contributed by atoms with Gasteiger partial charge in [-0.3, -0.25) is 15.1 Å². The number of phenols is 1. The van der Waals surface area contributed by atoms with Crippen molar-refractivity contribution in [1.82, 2.24) is 15.6 Å². The molecule has 172 valence electrons.